The van der Waals surface area contributed by atoms with Crippen LogP contribution in [0.1, 0.15) is 24.3 Å². The molecule has 1 aromatic carbocycles. The van der Waals surface area contributed by atoms with Gasteiger partial charge < -0.3 is 9.30 Å². The molecule has 1 heterocycles. The van der Waals surface area contributed by atoms with Gasteiger partial charge in [-0.15, -0.1) is 0 Å². The van der Waals surface area contributed by atoms with Crippen molar-refractivity contribution in [2.45, 2.75) is 20.0 Å². The Morgan fingerprint density at radius 3 is 2.53 bits per heavy atom. The van der Waals surface area contributed by atoms with Crippen LogP contribution in [0.25, 0.3) is 10.9 Å². The minimum atomic E-state index is -0.776. The van der Waals surface area contributed by atoms with Crippen molar-refractivity contribution in [1.29, 1.82) is 0 Å². The average molecular weight is 280 g/mol. The van der Waals surface area contributed by atoms with Crippen LogP contribution in [0.15, 0.2) is 24.3 Å². The summed E-state index contributed by atoms with van der Waals surface area (Å²) in [4.78, 5) is 23.2. The lowest BCUT2D eigenvalue weighted by molar-refractivity contribution is -0.124. The minimum Gasteiger partial charge on any atom is -0.450 e. The number of nitrogens with zero attached hydrogens (tertiary/aromatic N) is 1. The number of aryl methyl sites for hydroxylation is 1. The van der Waals surface area contributed by atoms with Gasteiger partial charge in [0, 0.05) is 18.0 Å². The fraction of sp³-hybridized carbons (Fsp3) is 0.286. The summed E-state index contributed by atoms with van der Waals surface area (Å²) in [6.45, 7) is 2.91. The summed E-state index contributed by atoms with van der Waals surface area (Å²) < 4.78 is 6.77. The molecule has 0 spiro atoms. The number of carbonyl (C=O) groups excluding carboxylic acids is 2. The first-order valence-electron chi connectivity index (χ1n) is 5.87. The van der Waals surface area contributed by atoms with Gasteiger partial charge in [-0.05, 0) is 19.9 Å². The summed E-state index contributed by atoms with van der Waals surface area (Å²) >= 11 is 6.21. The number of rotatable bonds is 3. The predicted molar refractivity (Wildman–Crippen MR) is 73.5 cm³/mol. The van der Waals surface area contributed by atoms with Gasteiger partial charge in [0.15, 0.2) is 11.9 Å². The van der Waals surface area contributed by atoms with Gasteiger partial charge in [-0.1, -0.05) is 29.8 Å². The average Bonchev–Trinajstić information content (AvgIpc) is 2.62. The number of Topliss-reactive ketones (excluding diaryl/α,β-unsaturated/α-hetero) is 1. The van der Waals surface area contributed by atoms with Crippen LogP contribution in [0.3, 0.4) is 0 Å². The molecule has 2 aromatic rings. The third-order valence-corrected chi connectivity index (χ3v) is 3.48. The predicted octanol–water partition coefficient (Wildman–Crippen LogP) is 2.97. The molecule has 2 rings (SSSR count). The standard InChI is InChI=1S/C14H14ClNO3/c1-8(17)9(2)19-14(18)13-12(15)10-6-4-5-7-11(10)16(13)3/h4-7,9H,1-3H3/t9-/m0/s1. The van der Waals surface area contributed by atoms with Crippen LogP contribution in [0.4, 0.5) is 0 Å². The van der Waals surface area contributed by atoms with E-state index in [1.165, 1.54) is 13.8 Å². The van der Waals surface area contributed by atoms with Crippen molar-refractivity contribution in [2.24, 2.45) is 7.05 Å². The SMILES string of the molecule is CC(=O)[C@H](C)OC(=O)c1c(Cl)c2ccccc2n1C. The summed E-state index contributed by atoms with van der Waals surface area (Å²) in [5, 5.41) is 1.13. The second-order valence-electron chi connectivity index (χ2n) is 4.40. The van der Waals surface area contributed by atoms with E-state index in [-0.39, 0.29) is 11.5 Å². The van der Waals surface area contributed by atoms with Crippen LogP contribution in [-0.4, -0.2) is 22.4 Å². The lowest BCUT2D eigenvalue weighted by Crippen LogP contribution is -2.23. The van der Waals surface area contributed by atoms with Gasteiger partial charge in [0.05, 0.1) is 5.02 Å². The topological polar surface area (TPSA) is 48.3 Å². The zero-order valence-electron chi connectivity index (χ0n) is 10.9. The molecule has 0 fully saturated rings. The lowest BCUT2D eigenvalue weighted by atomic mass is 10.2. The van der Waals surface area contributed by atoms with Crippen LogP contribution in [0.2, 0.25) is 5.02 Å². The molecule has 4 nitrogen and oxygen atoms in total. The van der Waals surface area contributed by atoms with E-state index in [1.807, 2.05) is 24.3 Å². The van der Waals surface area contributed by atoms with E-state index in [9.17, 15) is 9.59 Å². The van der Waals surface area contributed by atoms with Crippen molar-refractivity contribution in [3.05, 3.63) is 35.0 Å². The number of halogens is 1. The highest BCUT2D eigenvalue weighted by atomic mass is 35.5. The molecule has 5 heteroatoms. The normalized spacial score (nSPS) is 12.4. The lowest BCUT2D eigenvalue weighted by Gasteiger charge is -2.10. The molecule has 0 bridgehead atoms. The summed E-state index contributed by atoms with van der Waals surface area (Å²) in [6.07, 6.45) is -0.776. The smallest absolute Gasteiger partial charge is 0.357 e. The van der Waals surface area contributed by atoms with Gasteiger partial charge in [-0.3, -0.25) is 4.79 Å². The fourth-order valence-corrected chi connectivity index (χ4v) is 2.24. The third-order valence-electron chi connectivity index (χ3n) is 3.09. The Labute approximate surface area is 115 Å². The second-order valence-corrected chi connectivity index (χ2v) is 4.77. The molecular formula is C14H14ClNO3. The largest absolute Gasteiger partial charge is 0.450 e. The highest BCUT2D eigenvalue weighted by Gasteiger charge is 2.23. The number of ether oxygens (including phenoxy) is 1. The molecule has 100 valence electrons. The second kappa shape index (κ2) is 5.05. The highest BCUT2D eigenvalue weighted by Crippen LogP contribution is 2.30. The Kier molecular flexibility index (Phi) is 3.62. The van der Waals surface area contributed by atoms with Crippen LogP contribution < -0.4 is 0 Å². The summed E-state index contributed by atoms with van der Waals surface area (Å²) in [7, 11) is 1.74. The van der Waals surface area contributed by atoms with Gasteiger partial charge in [-0.2, -0.15) is 0 Å². The number of esters is 1. The molecule has 19 heavy (non-hydrogen) atoms. The molecule has 1 aromatic heterocycles. The maximum atomic E-state index is 12.1. The monoisotopic (exact) mass is 279 g/mol. The van der Waals surface area contributed by atoms with Gasteiger partial charge in [0.25, 0.3) is 0 Å². The maximum absolute atomic E-state index is 12.1. The molecule has 0 unspecified atom stereocenters. The van der Waals surface area contributed by atoms with Crippen LogP contribution >= 0.6 is 11.6 Å². The van der Waals surface area contributed by atoms with Gasteiger partial charge in [0.1, 0.15) is 5.69 Å². The first-order chi connectivity index (χ1) is 8.93. The summed E-state index contributed by atoms with van der Waals surface area (Å²) in [5.41, 5.74) is 1.10. The van der Waals surface area contributed by atoms with Crippen LogP contribution in [0, 0.1) is 0 Å². The number of hydrogen-bond donors (Lipinski definition) is 0. The van der Waals surface area contributed by atoms with E-state index < -0.39 is 12.1 Å². The Morgan fingerprint density at radius 1 is 1.32 bits per heavy atom. The number of fused-ring (bicyclic) bond motifs is 1. The number of carbonyl (C=O) groups is 2. The Morgan fingerprint density at radius 2 is 1.95 bits per heavy atom. The molecule has 0 aliphatic rings. The molecule has 0 aliphatic heterocycles. The number of hydrogen-bond acceptors (Lipinski definition) is 3. The molecule has 1 atom stereocenters. The molecule has 0 radical (unpaired) electrons. The van der Waals surface area contributed by atoms with E-state index in [2.05, 4.69) is 0 Å². The van der Waals surface area contributed by atoms with Crippen molar-refractivity contribution in [1.82, 2.24) is 4.57 Å². The van der Waals surface area contributed by atoms with Gasteiger partial charge in [-0.25, -0.2) is 4.79 Å². The van der Waals surface area contributed by atoms with E-state index in [4.69, 9.17) is 16.3 Å². The van der Waals surface area contributed by atoms with Crippen LogP contribution in [0.5, 0.6) is 0 Å². The van der Waals surface area contributed by atoms with E-state index in [0.29, 0.717) is 5.02 Å². The zero-order valence-corrected chi connectivity index (χ0v) is 11.7. The van der Waals surface area contributed by atoms with Crippen molar-refractivity contribution in [3.63, 3.8) is 0 Å². The van der Waals surface area contributed by atoms with Crippen molar-refractivity contribution in [3.8, 4) is 0 Å². The molecule has 0 amide bonds. The Hall–Kier alpha value is -1.81. The third kappa shape index (κ3) is 2.36. The van der Waals surface area contributed by atoms with Gasteiger partial charge in [0.2, 0.25) is 0 Å². The number of para-hydroxylation sites is 1. The van der Waals surface area contributed by atoms with Crippen molar-refractivity contribution >= 4 is 34.3 Å². The Bertz CT molecular complexity index is 621. The fourth-order valence-electron chi connectivity index (χ4n) is 1.87. The summed E-state index contributed by atoms with van der Waals surface area (Å²) in [6, 6.07) is 7.42. The van der Waals surface area contributed by atoms with Crippen molar-refractivity contribution < 1.29 is 14.3 Å². The highest BCUT2D eigenvalue weighted by molar-refractivity contribution is 6.38. The molecule has 0 aliphatic carbocycles. The van der Waals surface area contributed by atoms with E-state index >= 15 is 0 Å². The number of ketones is 1. The zero-order chi connectivity index (χ0) is 14.2. The first kappa shape index (κ1) is 13.6. The molecular weight excluding hydrogens is 266 g/mol. The minimum absolute atomic E-state index is 0.205. The van der Waals surface area contributed by atoms with Crippen molar-refractivity contribution in [2.75, 3.05) is 0 Å². The molecule has 0 N–H and O–H groups in total. The van der Waals surface area contributed by atoms with E-state index in [0.717, 1.165) is 10.9 Å². The van der Waals surface area contributed by atoms with E-state index in [1.54, 1.807) is 11.6 Å². The summed E-state index contributed by atoms with van der Waals surface area (Å²) in [5.74, 6) is -0.797. The molecule has 0 saturated heterocycles. The first-order valence-corrected chi connectivity index (χ1v) is 6.25. The Balaban J connectivity index is 2.45. The maximum Gasteiger partial charge on any atom is 0.357 e. The van der Waals surface area contributed by atoms with Gasteiger partial charge >= 0.3 is 5.97 Å². The number of benzene rings is 1. The quantitative estimate of drug-likeness (QED) is 0.812. The van der Waals surface area contributed by atoms with Crippen LogP contribution in [-0.2, 0) is 16.6 Å². The number of aromatic nitrogens is 1. The molecule has 0 saturated carbocycles.